The highest BCUT2D eigenvalue weighted by atomic mass is 16.2. The molecule has 6 nitrogen and oxygen atoms in total. The number of carbonyl (C=O) groups is 2. The van der Waals surface area contributed by atoms with Crippen LogP contribution >= 0.6 is 0 Å². The van der Waals surface area contributed by atoms with Crippen molar-refractivity contribution in [2.45, 2.75) is 32.4 Å². The first-order chi connectivity index (χ1) is 8.72. The van der Waals surface area contributed by atoms with Crippen molar-refractivity contribution in [3.8, 4) is 0 Å². The summed E-state index contributed by atoms with van der Waals surface area (Å²) >= 11 is 0. The minimum atomic E-state index is -0.351. The number of amides is 2. The molecule has 98 valence electrons. The maximum Gasteiger partial charge on any atom is 0.244 e. The number of nitrogens with zero attached hydrogens (tertiary/aromatic N) is 3. The van der Waals surface area contributed by atoms with Gasteiger partial charge < -0.3 is 10.2 Å². The first-order valence-electron chi connectivity index (χ1n) is 6.27. The van der Waals surface area contributed by atoms with Crippen molar-refractivity contribution in [1.82, 2.24) is 20.0 Å². The third-order valence-corrected chi connectivity index (χ3v) is 3.12. The fourth-order valence-electron chi connectivity index (χ4n) is 2.20. The van der Waals surface area contributed by atoms with Crippen molar-refractivity contribution in [2.75, 3.05) is 13.1 Å². The second-order valence-electron chi connectivity index (χ2n) is 4.36. The molecule has 6 heteroatoms. The van der Waals surface area contributed by atoms with Gasteiger partial charge in [0.05, 0.1) is 0 Å². The van der Waals surface area contributed by atoms with Gasteiger partial charge in [0.1, 0.15) is 12.6 Å². The van der Waals surface area contributed by atoms with E-state index in [0.717, 1.165) is 6.42 Å². The van der Waals surface area contributed by atoms with Crippen LogP contribution in [0, 0.1) is 0 Å². The highest BCUT2D eigenvalue weighted by Gasteiger charge is 2.29. The van der Waals surface area contributed by atoms with Crippen LogP contribution in [0.25, 0.3) is 0 Å². The van der Waals surface area contributed by atoms with E-state index in [1.807, 2.05) is 6.92 Å². The standard InChI is InChI=1S/C12H18N4O2/c1-2-10-12(18)13-5-3-8-16(10)11(17)9-15-7-4-6-14-15/h4,6-7,10H,2-3,5,8-9H2,1H3,(H,13,18)/t10-/m1/s1. The summed E-state index contributed by atoms with van der Waals surface area (Å²) in [5.74, 6) is -0.105. The van der Waals surface area contributed by atoms with E-state index in [1.54, 1.807) is 28.0 Å². The Hall–Kier alpha value is -1.85. The van der Waals surface area contributed by atoms with Gasteiger partial charge >= 0.3 is 0 Å². The number of nitrogens with one attached hydrogen (secondary N) is 1. The Kier molecular flexibility index (Phi) is 3.96. The number of hydrogen-bond acceptors (Lipinski definition) is 3. The van der Waals surface area contributed by atoms with E-state index >= 15 is 0 Å². The van der Waals surface area contributed by atoms with E-state index in [-0.39, 0.29) is 24.4 Å². The van der Waals surface area contributed by atoms with Crippen molar-refractivity contribution in [2.24, 2.45) is 0 Å². The summed E-state index contributed by atoms with van der Waals surface area (Å²) in [5.41, 5.74) is 0. The topological polar surface area (TPSA) is 67.2 Å². The minimum absolute atomic E-state index is 0.0520. The summed E-state index contributed by atoms with van der Waals surface area (Å²) in [5, 5.41) is 6.85. The molecule has 1 aliphatic rings. The lowest BCUT2D eigenvalue weighted by Crippen LogP contribution is -2.47. The molecular formula is C12H18N4O2. The van der Waals surface area contributed by atoms with E-state index in [1.165, 1.54) is 0 Å². The van der Waals surface area contributed by atoms with Crippen LogP contribution < -0.4 is 5.32 Å². The quantitative estimate of drug-likeness (QED) is 0.821. The smallest absolute Gasteiger partial charge is 0.244 e. The molecule has 1 saturated heterocycles. The Morgan fingerprint density at radius 2 is 2.44 bits per heavy atom. The monoisotopic (exact) mass is 250 g/mol. The lowest BCUT2D eigenvalue weighted by molar-refractivity contribution is -0.140. The molecule has 2 rings (SSSR count). The van der Waals surface area contributed by atoms with Crippen LogP contribution in [0.1, 0.15) is 19.8 Å². The number of carbonyl (C=O) groups excluding carboxylic acids is 2. The molecule has 0 aromatic carbocycles. The van der Waals surface area contributed by atoms with Gasteiger partial charge in [-0.25, -0.2) is 0 Å². The fraction of sp³-hybridized carbons (Fsp3) is 0.583. The molecule has 18 heavy (non-hydrogen) atoms. The minimum Gasteiger partial charge on any atom is -0.354 e. The highest BCUT2D eigenvalue weighted by Crippen LogP contribution is 2.10. The van der Waals surface area contributed by atoms with Gasteiger partial charge in [-0.3, -0.25) is 14.3 Å². The Balaban J connectivity index is 2.08. The van der Waals surface area contributed by atoms with Crippen LogP contribution in [0.5, 0.6) is 0 Å². The molecule has 1 fully saturated rings. The van der Waals surface area contributed by atoms with Gasteiger partial charge in [0.2, 0.25) is 11.8 Å². The van der Waals surface area contributed by atoms with Gasteiger partial charge in [0, 0.05) is 25.5 Å². The fourth-order valence-corrected chi connectivity index (χ4v) is 2.20. The molecule has 1 atom stereocenters. The zero-order chi connectivity index (χ0) is 13.0. The Morgan fingerprint density at radius 3 is 3.11 bits per heavy atom. The highest BCUT2D eigenvalue weighted by molar-refractivity contribution is 5.87. The van der Waals surface area contributed by atoms with E-state index in [9.17, 15) is 9.59 Å². The Bertz CT molecular complexity index is 416. The molecule has 2 heterocycles. The lowest BCUT2D eigenvalue weighted by Gasteiger charge is -2.27. The molecule has 1 N–H and O–H groups in total. The van der Waals surface area contributed by atoms with Gasteiger partial charge in [-0.2, -0.15) is 5.10 Å². The Labute approximate surface area is 106 Å². The molecule has 0 spiro atoms. The summed E-state index contributed by atoms with van der Waals surface area (Å²) < 4.78 is 1.58. The normalized spacial score (nSPS) is 20.4. The van der Waals surface area contributed by atoms with Gasteiger partial charge in [-0.15, -0.1) is 0 Å². The van der Waals surface area contributed by atoms with E-state index < -0.39 is 0 Å². The zero-order valence-electron chi connectivity index (χ0n) is 10.5. The number of aromatic nitrogens is 2. The van der Waals surface area contributed by atoms with Crippen molar-refractivity contribution < 1.29 is 9.59 Å². The molecule has 0 unspecified atom stereocenters. The second kappa shape index (κ2) is 5.66. The molecule has 0 aliphatic carbocycles. The molecular weight excluding hydrogens is 232 g/mol. The first-order valence-corrected chi connectivity index (χ1v) is 6.27. The van der Waals surface area contributed by atoms with Crippen molar-refractivity contribution in [3.05, 3.63) is 18.5 Å². The van der Waals surface area contributed by atoms with Crippen LogP contribution in [0.3, 0.4) is 0 Å². The lowest BCUT2D eigenvalue weighted by atomic mass is 10.1. The zero-order valence-corrected chi connectivity index (χ0v) is 10.5. The molecule has 0 radical (unpaired) electrons. The first kappa shape index (κ1) is 12.6. The number of rotatable bonds is 3. The largest absolute Gasteiger partial charge is 0.354 e. The summed E-state index contributed by atoms with van der Waals surface area (Å²) in [7, 11) is 0. The maximum atomic E-state index is 12.2. The predicted octanol–water partition coefficient (Wildman–Crippen LogP) is 0.0102. The molecule has 2 amide bonds. The maximum absolute atomic E-state index is 12.2. The van der Waals surface area contributed by atoms with Crippen LogP contribution in [-0.2, 0) is 16.1 Å². The van der Waals surface area contributed by atoms with Crippen LogP contribution in [0.4, 0.5) is 0 Å². The molecule has 1 aromatic rings. The van der Waals surface area contributed by atoms with E-state index in [0.29, 0.717) is 19.5 Å². The third-order valence-electron chi connectivity index (χ3n) is 3.12. The molecule has 1 aliphatic heterocycles. The van der Waals surface area contributed by atoms with Gasteiger partial charge in [-0.05, 0) is 18.9 Å². The third kappa shape index (κ3) is 2.69. The van der Waals surface area contributed by atoms with Crippen molar-refractivity contribution in [1.29, 1.82) is 0 Å². The van der Waals surface area contributed by atoms with Crippen LogP contribution in [-0.4, -0.2) is 45.6 Å². The van der Waals surface area contributed by atoms with Gasteiger partial charge in [-0.1, -0.05) is 6.92 Å². The summed E-state index contributed by atoms with van der Waals surface area (Å²) in [4.78, 5) is 25.7. The second-order valence-corrected chi connectivity index (χ2v) is 4.36. The van der Waals surface area contributed by atoms with Gasteiger partial charge in [0.25, 0.3) is 0 Å². The van der Waals surface area contributed by atoms with E-state index in [4.69, 9.17) is 0 Å². The average Bonchev–Trinajstić information content (AvgIpc) is 2.78. The average molecular weight is 250 g/mol. The van der Waals surface area contributed by atoms with E-state index in [2.05, 4.69) is 10.4 Å². The van der Waals surface area contributed by atoms with Crippen molar-refractivity contribution in [3.63, 3.8) is 0 Å². The summed E-state index contributed by atoms with van der Waals surface area (Å²) in [6.45, 7) is 3.37. The number of hydrogen-bond donors (Lipinski definition) is 1. The molecule has 0 saturated carbocycles. The van der Waals surface area contributed by atoms with Crippen LogP contribution in [0.2, 0.25) is 0 Å². The SMILES string of the molecule is CC[C@@H]1C(=O)NCCCN1C(=O)Cn1cccn1. The Morgan fingerprint density at radius 1 is 1.61 bits per heavy atom. The summed E-state index contributed by atoms with van der Waals surface area (Å²) in [6.07, 6.45) is 4.82. The molecule has 1 aromatic heterocycles. The van der Waals surface area contributed by atoms with Gasteiger partial charge in [0.15, 0.2) is 0 Å². The van der Waals surface area contributed by atoms with Crippen molar-refractivity contribution >= 4 is 11.8 Å². The summed E-state index contributed by atoms with van der Waals surface area (Å²) in [6, 6.07) is 1.43. The molecule has 0 bridgehead atoms. The predicted molar refractivity (Wildman–Crippen MR) is 65.6 cm³/mol. The van der Waals surface area contributed by atoms with Crippen LogP contribution in [0.15, 0.2) is 18.5 Å².